The Morgan fingerprint density at radius 3 is 2.38 bits per heavy atom. The Morgan fingerprint density at radius 2 is 1.77 bits per heavy atom. The van der Waals surface area contributed by atoms with Gasteiger partial charge in [0.25, 0.3) is 0 Å². The van der Waals surface area contributed by atoms with Gasteiger partial charge in [0.2, 0.25) is 5.91 Å². The topological polar surface area (TPSA) is 47.6 Å². The fraction of sp³-hybridized carbons (Fsp3) is 0.381. The second kappa shape index (κ2) is 8.69. The minimum Gasteiger partial charge on any atom is -0.493 e. The first-order chi connectivity index (χ1) is 12.6. The lowest BCUT2D eigenvalue weighted by Crippen LogP contribution is -2.44. The lowest BCUT2D eigenvalue weighted by molar-refractivity contribution is -0.125. The van der Waals surface area contributed by atoms with Crippen LogP contribution in [0.2, 0.25) is 0 Å². The van der Waals surface area contributed by atoms with Crippen LogP contribution in [0.25, 0.3) is 0 Å². The molecule has 0 aliphatic carbocycles. The summed E-state index contributed by atoms with van der Waals surface area (Å²) >= 11 is 3.34. The van der Waals surface area contributed by atoms with Crippen molar-refractivity contribution in [3.8, 4) is 5.75 Å². The van der Waals surface area contributed by atoms with E-state index in [2.05, 4.69) is 52.4 Å². The number of ether oxygens (including phenoxy) is 2. The Morgan fingerprint density at radius 1 is 1.12 bits per heavy atom. The van der Waals surface area contributed by atoms with Crippen LogP contribution in [0.3, 0.4) is 0 Å². The molecule has 3 rings (SSSR count). The average Bonchev–Trinajstić information content (AvgIpc) is 2.68. The minimum absolute atomic E-state index is 0.0266. The molecule has 1 amide bonds. The maximum absolute atomic E-state index is 13.2. The van der Waals surface area contributed by atoms with Crippen LogP contribution in [0.1, 0.15) is 24.0 Å². The molecular formula is C21H24BrNO3. The zero-order chi connectivity index (χ0) is 18.4. The predicted molar refractivity (Wildman–Crippen MR) is 107 cm³/mol. The molecule has 138 valence electrons. The van der Waals surface area contributed by atoms with Crippen LogP contribution in [0.5, 0.6) is 5.75 Å². The maximum Gasteiger partial charge on any atom is 0.235 e. The van der Waals surface area contributed by atoms with Crippen LogP contribution in [-0.4, -0.2) is 31.1 Å². The van der Waals surface area contributed by atoms with Crippen molar-refractivity contribution in [3.05, 3.63) is 59.7 Å². The lowest BCUT2D eigenvalue weighted by Gasteiger charge is -2.36. The molecule has 0 atom stereocenters. The van der Waals surface area contributed by atoms with Crippen molar-refractivity contribution in [1.82, 2.24) is 0 Å². The number of carbonyl (C=O) groups is 1. The van der Waals surface area contributed by atoms with Crippen molar-refractivity contribution < 1.29 is 14.3 Å². The third-order valence-corrected chi connectivity index (χ3v) is 5.17. The number of alkyl halides is 1. The molecule has 1 aliphatic heterocycles. The second-order valence-electron chi connectivity index (χ2n) is 6.58. The summed E-state index contributed by atoms with van der Waals surface area (Å²) in [6.07, 6.45) is 1.38. The molecule has 0 radical (unpaired) electrons. The summed E-state index contributed by atoms with van der Waals surface area (Å²) in [5, 5.41) is 3.87. The lowest BCUT2D eigenvalue weighted by atomic mass is 9.73. The average molecular weight is 418 g/mol. The summed E-state index contributed by atoms with van der Waals surface area (Å²) in [7, 11) is 0. The van der Waals surface area contributed by atoms with E-state index < -0.39 is 5.41 Å². The predicted octanol–water partition coefficient (Wildman–Crippen LogP) is 4.46. The van der Waals surface area contributed by atoms with E-state index in [4.69, 9.17) is 9.47 Å². The number of benzene rings is 2. The van der Waals surface area contributed by atoms with Crippen LogP contribution in [0, 0.1) is 6.92 Å². The molecule has 0 aromatic heterocycles. The van der Waals surface area contributed by atoms with Crippen molar-refractivity contribution >= 4 is 27.5 Å². The molecule has 2 aromatic carbocycles. The Balaban J connectivity index is 1.78. The Bertz CT molecular complexity index is 722. The van der Waals surface area contributed by atoms with Crippen molar-refractivity contribution in [2.45, 2.75) is 25.2 Å². The molecule has 2 aromatic rings. The van der Waals surface area contributed by atoms with Gasteiger partial charge >= 0.3 is 0 Å². The van der Waals surface area contributed by atoms with Gasteiger partial charge in [-0.2, -0.15) is 0 Å². The molecule has 26 heavy (non-hydrogen) atoms. The number of halogens is 1. The molecule has 0 saturated carbocycles. The standard InChI is InChI=1S/C21H24BrNO3/c1-16-2-4-17(5-3-16)21(10-13-25-14-11-21)20(24)23-18-6-8-19(9-7-18)26-15-12-22/h2-9H,10-15H2,1H3,(H,23,24). The van der Waals surface area contributed by atoms with E-state index in [1.54, 1.807) is 0 Å². The first-order valence-electron chi connectivity index (χ1n) is 8.89. The molecule has 1 saturated heterocycles. The Kier molecular flexibility index (Phi) is 6.33. The molecule has 1 N–H and O–H groups in total. The van der Waals surface area contributed by atoms with Crippen LogP contribution in [0.4, 0.5) is 5.69 Å². The van der Waals surface area contributed by atoms with Gasteiger partial charge in [-0.15, -0.1) is 0 Å². The van der Waals surface area contributed by atoms with Gasteiger partial charge in [-0.3, -0.25) is 4.79 Å². The summed E-state index contributed by atoms with van der Waals surface area (Å²) in [6, 6.07) is 15.8. The zero-order valence-electron chi connectivity index (χ0n) is 15.0. The maximum atomic E-state index is 13.2. The molecule has 1 heterocycles. The molecule has 1 fully saturated rings. The molecule has 1 aliphatic rings. The summed E-state index contributed by atoms with van der Waals surface area (Å²) in [5.41, 5.74) is 2.48. The van der Waals surface area contributed by atoms with Crippen LogP contribution >= 0.6 is 15.9 Å². The molecule has 0 unspecified atom stereocenters. The number of amides is 1. The molecule has 0 spiro atoms. The van der Waals surface area contributed by atoms with Gasteiger partial charge in [0.1, 0.15) is 5.75 Å². The fourth-order valence-corrected chi connectivity index (χ4v) is 3.44. The third-order valence-electron chi connectivity index (χ3n) is 4.84. The Labute approximate surface area is 163 Å². The highest BCUT2D eigenvalue weighted by atomic mass is 79.9. The van der Waals surface area contributed by atoms with Crippen LogP contribution < -0.4 is 10.1 Å². The van der Waals surface area contributed by atoms with Crippen molar-refractivity contribution in [1.29, 1.82) is 0 Å². The van der Waals surface area contributed by atoms with Crippen molar-refractivity contribution in [3.63, 3.8) is 0 Å². The highest BCUT2D eigenvalue weighted by molar-refractivity contribution is 9.09. The van der Waals surface area contributed by atoms with Gasteiger partial charge in [-0.1, -0.05) is 45.8 Å². The summed E-state index contributed by atoms with van der Waals surface area (Å²) in [6.45, 7) is 3.86. The number of aryl methyl sites for hydroxylation is 1. The SMILES string of the molecule is Cc1ccc(C2(C(=O)Nc3ccc(OCCBr)cc3)CCOCC2)cc1. The van der Waals surface area contributed by atoms with Gasteiger partial charge < -0.3 is 14.8 Å². The normalized spacial score (nSPS) is 16.1. The number of anilines is 1. The van der Waals surface area contributed by atoms with E-state index >= 15 is 0 Å². The molecular weight excluding hydrogens is 394 g/mol. The smallest absolute Gasteiger partial charge is 0.235 e. The van der Waals surface area contributed by atoms with E-state index in [-0.39, 0.29) is 5.91 Å². The Hall–Kier alpha value is -1.85. The quantitative estimate of drug-likeness (QED) is 0.705. The largest absolute Gasteiger partial charge is 0.493 e. The molecule has 4 nitrogen and oxygen atoms in total. The van der Waals surface area contributed by atoms with Gasteiger partial charge in [0.05, 0.1) is 12.0 Å². The summed E-state index contributed by atoms with van der Waals surface area (Å²) < 4.78 is 11.1. The van der Waals surface area contributed by atoms with Gasteiger partial charge in [-0.25, -0.2) is 0 Å². The van der Waals surface area contributed by atoms with Crippen molar-refractivity contribution in [2.24, 2.45) is 0 Å². The number of rotatable bonds is 6. The monoisotopic (exact) mass is 417 g/mol. The van der Waals surface area contributed by atoms with E-state index in [1.807, 2.05) is 24.3 Å². The van der Waals surface area contributed by atoms with E-state index in [1.165, 1.54) is 5.56 Å². The van der Waals surface area contributed by atoms with E-state index in [9.17, 15) is 4.79 Å². The minimum atomic E-state index is -0.545. The van der Waals surface area contributed by atoms with Gasteiger partial charge in [-0.05, 0) is 49.6 Å². The zero-order valence-corrected chi connectivity index (χ0v) is 16.6. The van der Waals surface area contributed by atoms with E-state index in [0.717, 1.165) is 22.3 Å². The third kappa shape index (κ3) is 4.27. The molecule has 5 heteroatoms. The first-order valence-corrected chi connectivity index (χ1v) is 10.0. The second-order valence-corrected chi connectivity index (χ2v) is 7.37. The van der Waals surface area contributed by atoms with Crippen LogP contribution in [-0.2, 0) is 14.9 Å². The fourth-order valence-electron chi connectivity index (χ4n) is 3.28. The summed E-state index contributed by atoms with van der Waals surface area (Å²) in [5.74, 6) is 0.820. The van der Waals surface area contributed by atoms with Gasteiger partial charge in [0, 0.05) is 24.2 Å². The summed E-state index contributed by atoms with van der Waals surface area (Å²) in [4.78, 5) is 13.2. The first kappa shape index (κ1) is 18.9. The highest BCUT2D eigenvalue weighted by Gasteiger charge is 2.41. The van der Waals surface area contributed by atoms with Gasteiger partial charge in [0.15, 0.2) is 0 Å². The number of nitrogens with one attached hydrogen (secondary N) is 1. The van der Waals surface area contributed by atoms with Crippen molar-refractivity contribution in [2.75, 3.05) is 30.5 Å². The number of hydrogen-bond donors (Lipinski definition) is 1. The number of hydrogen-bond acceptors (Lipinski definition) is 3. The molecule has 0 bridgehead atoms. The number of carbonyl (C=O) groups excluding carboxylic acids is 1. The van der Waals surface area contributed by atoms with E-state index in [0.29, 0.717) is 32.7 Å². The van der Waals surface area contributed by atoms with Crippen LogP contribution in [0.15, 0.2) is 48.5 Å². The highest BCUT2D eigenvalue weighted by Crippen LogP contribution is 2.36.